The third kappa shape index (κ3) is 3.44. The van der Waals surface area contributed by atoms with Crippen LogP contribution in [-0.4, -0.2) is 42.3 Å². The van der Waals surface area contributed by atoms with Gasteiger partial charge in [-0.1, -0.05) is 13.0 Å². The maximum absolute atomic E-state index is 13.0. The standard InChI is InChI=1S/C20H20N6O/c1-2-8-26(12-14-4-3-6-21-10-14)20(27)17-9-15(11-23-17)18-16-5-7-22-19(16)25-13-24-18/h3-7,9-11,13,23H,2,8,12H2,1H3,(H,22,24,25). The van der Waals surface area contributed by atoms with Gasteiger partial charge in [0.2, 0.25) is 0 Å². The van der Waals surface area contributed by atoms with Crippen molar-refractivity contribution >= 4 is 16.9 Å². The number of carbonyl (C=O) groups is 1. The number of carbonyl (C=O) groups excluding carboxylic acids is 1. The summed E-state index contributed by atoms with van der Waals surface area (Å²) in [6.07, 6.45) is 9.58. The summed E-state index contributed by atoms with van der Waals surface area (Å²) in [5.41, 5.74) is 3.99. The number of pyridine rings is 1. The van der Waals surface area contributed by atoms with Gasteiger partial charge in [-0.15, -0.1) is 0 Å². The van der Waals surface area contributed by atoms with Crippen LogP contribution in [0.3, 0.4) is 0 Å². The van der Waals surface area contributed by atoms with Crippen molar-refractivity contribution in [2.75, 3.05) is 6.54 Å². The molecule has 4 heterocycles. The molecule has 0 radical (unpaired) electrons. The zero-order valence-electron chi connectivity index (χ0n) is 15.0. The first-order chi connectivity index (χ1) is 13.3. The first kappa shape index (κ1) is 17.0. The Kier molecular flexibility index (Phi) is 4.65. The maximum Gasteiger partial charge on any atom is 0.270 e. The van der Waals surface area contributed by atoms with Crippen LogP contribution in [0.1, 0.15) is 29.4 Å². The van der Waals surface area contributed by atoms with Crippen molar-refractivity contribution in [1.29, 1.82) is 0 Å². The van der Waals surface area contributed by atoms with E-state index in [9.17, 15) is 4.79 Å². The van der Waals surface area contributed by atoms with Crippen molar-refractivity contribution in [2.24, 2.45) is 0 Å². The fourth-order valence-electron chi connectivity index (χ4n) is 3.16. The summed E-state index contributed by atoms with van der Waals surface area (Å²) in [6, 6.07) is 7.65. The van der Waals surface area contributed by atoms with Crippen LogP contribution in [-0.2, 0) is 6.54 Å². The molecule has 0 saturated carbocycles. The number of fused-ring (bicyclic) bond motifs is 1. The third-order valence-corrected chi connectivity index (χ3v) is 4.42. The number of aromatic nitrogens is 5. The van der Waals surface area contributed by atoms with E-state index in [0.29, 0.717) is 18.8 Å². The third-order valence-electron chi connectivity index (χ3n) is 4.42. The van der Waals surface area contributed by atoms with Crippen molar-refractivity contribution in [2.45, 2.75) is 19.9 Å². The van der Waals surface area contributed by atoms with Gasteiger partial charge < -0.3 is 14.9 Å². The summed E-state index contributed by atoms with van der Waals surface area (Å²) in [7, 11) is 0. The van der Waals surface area contributed by atoms with E-state index in [2.05, 4.69) is 31.8 Å². The Balaban J connectivity index is 1.61. The molecule has 7 nitrogen and oxygen atoms in total. The molecule has 0 fully saturated rings. The van der Waals surface area contributed by atoms with Gasteiger partial charge in [-0.2, -0.15) is 0 Å². The molecule has 27 heavy (non-hydrogen) atoms. The molecular formula is C20H20N6O. The minimum absolute atomic E-state index is 0.0358. The van der Waals surface area contributed by atoms with Crippen LogP contribution in [0.4, 0.5) is 0 Å². The Bertz CT molecular complexity index is 1050. The van der Waals surface area contributed by atoms with Crippen molar-refractivity contribution in [3.05, 3.63) is 66.6 Å². The highest BCUT2D eigenvalue weighted by Gasteiger charge is 2.19. The number of rotatable bonds is 6. The van der Waals surface area contributed by atoms with Gasteiger partial charge in [0, 0.05) is 48.8 Å². The van der Waals surface area contributed by atoms with Crippen LogP contribution in [0.25, 0.3) is 22.3 Å². The second-order valence-electron chi connectivity index (χ2n) is 6.35. The second kappa shape index (κ2) is 7.41. The molecule has 7 heteroatoms. The number of H-pyrrole nitrogens is 2. The molecule has 0 aliphatic heterocycles. The summed E-state index contributed by atoms with van der Waals surface area (Å²) in [5.74, 6) is -0.0358. The number of nitrogens with one attached hydrogen (secondary N) is 2. The topological polar surface area (TPSA) is 90.6 Å². The fraction of sp³-hybridized carbons (Fsp3) is 0.200. The smallest absolute Gasteiger partial charge is 0.270 e. The zero-order chi connectivity index (χ0) is 18.6. The van der Waals surface area contributed by atoms with Gasteiger partial charge in [0.1, 0.15) is 17.7 Å². The van der Waals surface area contributed by atoms with Gasteiger partial charge in [0.25, 0.3) is 5.91 Å². The highest BCUT2D eigenvalue weighted by molar-refractivity contribution is 5.96. The molecule has 4 aromatic rings. The highest BCUT2D eigenvalue weighted by Crippen LogP contribution is 2.25. The minimum Gasteiger partial charge on any atom is -0.357 e. The molecule has 0 saturated heterocycles. The SMILES string of the molecule is CCCN(Cc1cccnc1)C(=O)c1cc(-c2ncnc3[nH]ccc23)c[nH]1. The van der Waals surface area contributed by atoms with Crippen LogP contribution >= 0.6 is 0 Å². The second-order valence-corrected chi connectivity index (χ2v) is 6.35. The lowest BCUT2D eigenvalue weighted by Crippen LogP contribution is -2.31. The van der Waals surface area contributed by atoms with Crippen molar-refractivity contribution in [3.63, 3.8) is 0 Å². The molecule has 1 amide bonds. The van der Waals surface area contributed by atoms with E-state index < -0.39 is 0 Å². The molecule has 0 aliphatic rings. The Morgan fingerprint density at radius 2 is 2.15 bits per heavy atom. The van der Waals surface area contributed by atoms with Crippen molar-refractivity contribution in [1.82, 2.24) is 29.8 Å². The molecule has 2 N–H and O–H groups in total. The van der Waals surface area contributed by atoms with E-state index >= 15 is 0 Å². The Morgan fingerprint density at radius 1 is 1.22 bits per heavy atom. The number of aromatic amines is 2. The van der Waals surface area contributed by atoms with E-state index in [-0.39, 0.29) is 5.91 Å². The molecule has 4 rings (SSSR count). The van der Waals surface area contributed by atoms with E-state index in [0.717, 1.165) is 34.3 Å². The average Bonchev–Trinajstić information content (AvgIpc) is 3.37. The molecule has 4 aromatic heterocycles. The van der Waals surface area contributed by atoms with E-state index in [1.54, 1.807) is 12.4 Å². The lowest BCUT2D eigenvalue weighted by atomic mass is 10.1. The van der Waals surface area contributed by atoms with Crippen molar-refractivity contribution < 1.29 is 4.79 Å². The maximum atomic E-state index is 13.0. The Morgan fingerprint density at radius 3 is 2.96 bits per heavy atom. The summed E-state index contributed by atoms with van der Waals surface area (Å²) in [5, 5.41) is 0.927. The Labute approximate surface area is 156 Å². The van der Waals surface area contributed by atoms with Crippen LogP contribution < -0.4 is 0 Å². The predicted molar refractivity (Wildman–Crippen MR) is 103 cm³/mol. The van der Waals surface area contributed by atoms with Crippen LogP contribution in [0, 0.1) is 0 Å². The number of hydrogen-bond donors (Lipinski definition) is 2. The van der Waals surface area contributed by atoms with E-state index in [4.69, 9.17) is 0 Å². The first-order valence-corrected chi connectivity index (χ1v) is 8.91. The van der Waals surface area contributed by atoms with Crippen LogP contribution in [0.2, 0.25) is 0 Å². The number of amides is 1. The molecular weight excluding hydrogens is 340 g/mol. The van der Waals surface area contributed by atoms with Gasteiger partial charge in [-0.05, 0) is 30.2 Å². The van der Waals surface area contributed by atoms with Gasteiger partial charge in [0.05, 0.1) is 5.69 Å². The normalized spacial score (nSPS) is 11.0. The first-order valence-electron chi connectivity index (χ1n) is 8.91. The van der Waals surface area contributed by atoms with Crippen LogP contribution in [0.15, 0.2) is 55.4 Å². The largest absolute Gasteiger partial charge is 0.357 e. The van der Waals surface area contributed by atoms with Gasteiger partial charge in [-0.25, -0.2) is 9.97 Å². The number of hydrogen-bond acceptors (Lipinski definition) is 4. The monoisotopic (exact) mass is 360 g/mol. The molecule has 0 unspecified atom stereocenters. The highest BCUT2D eigenvalue weighted by atomic mass is 16.2. The van der Waals surface area contributed by atoms with E-state index in [1.807, 2.05) is 41.6 Å². The fourth-order valence-corrected chi connectivity index (χ4v) is 3.16. The Hall–Kier alpha value is -3.48. The molecule has 0 spiro atoms. The quantitative estimate of drug-likeness (QED) is 0.551. The minimum atomic E-state index is -0.0358. The van der Waals surface area contributed by atoms with Gasteiger partial charge >= 0.3 is 0 Å². The summed E-state index contributed by atoms with van der Waals surface area (Å²) < 4.78 is 0. The van der Waals surface area contributed by atoms with Gasteiger partial charge in [-0.3, -0.25) is 9.78 Å². The zero-order valence-corrected chi connectivity index (χ0v) is 15.0. The van der Waals surface area contributed by atoms with Crippen molar-refractivity contribution in [3.8, 4) is 11.3 Å². The summed E-state index contributed by atoms with van der Waals surface area (Å²) in [6.45, 7) is 3.27. The molecule has 136 valence electrons. The summed E-state index contributed by atoms with van der Waals surface area (Å²) in [4.78, 5) is 33.8. The van der Waals surface area contributed by atoms with Gasteiger partial charge in [0.15, 0.2) is 0 Å². The number of nitrogens with zero attached hydrogens (tertiary/aromatic N) is 4. The van der Waals surface area contributed by atoms with E-state index in [1.165, 1.54) is 6.33 Å². The lowest BCUT2D eigenvalue weighted by molar-refractivity contribution is 0.0738. The lowest BCUT2D eigenvalue weighted by Gasteiger charge is -2.21. The average molecular weight is 360 g/mol. The van der Waals surface area contributed by atoms with Crippen LogP contribution in [0.5, 0.6) is 0 Å². The molecule has 0 atom stereocenters. The summed E-state index contributed by atoms with van der Waals surface area (Å²) >= 11 is 0. The molecule has 0 aromatic carbocycles. The molecule has 0 bridgehead atoms. The predicted octanol–water partition coefficient (Wildman–Crippen LogP) is 3.40. The molecule has 0 aliphatic carbocycles.